The van der Waals surface area contributed by atoms with Crippen molar-refractivity contribution in [2.45, 2.75) is 0 Å². The Hall–Kier alpha value is -0.860. The lowest BCUT2D eigenvalue weighted by molar-refractivity contribution is 0.412. The first-order chi connectivity index (χ1) is 9.02. The van der Waals surface area contributed by atoms with E-state index in [0.29, 0.717) is 21.9 Å². The number of methoxy groups -OCH3 is 1. The molecular weight excluding hydrogens is 444 g/mol. The number of halogens is 3. The molecule has 0 saturated carbocycles. The number of benzene rings is 1. The molecule has 2 aromatic rings. The second-order valence-electron chi connectivity index (χ2n) is 3.51. The minimum absolute atomic E-state index is 0.373. The van der Waals surface area contributed by atoms with Crippen molar-refractivity contribution in [3.05, 3.63) is 31.9 Å². The largest absolute Gasteiger partial charge is 0.495 e. The number of nitrogens with two attached hydrogens (primary N) is 1. The van der Waals surface area contributed by atoms with Crippen LogP contribution in [0, 0.1) is 0 Å². The lowest BCUT2D eigenvalue weighted by Gasteiger charge is -2.12. The summed E-state index contributed by atoms with van der Waals surface area (Å²) in [7, 11) is 1.61. The van der Waals surface area contributed by atoms with E-state index in [2.05, 4.69) is 63.1 Å². The average molecular weight is 453 g/mol. The zero-order valence-corrected chi connectivity index (χ0v) is 14.5. The predicted octanol–water partition coefficient (Wildman–Crippen LogP) is 4.10. The maximum atomic E-state index is 5.71. The van der Waals surface area contributed by atoms with Crippen molar-refractivity contribution in [3.63, 3.8) is 0 Å². The molecule has 0 bridgehead atoms. The van der Waals surface area contributed by atoms with Crippen molar-refractivity contribution in [1.82, 2.24) is 9.97 Å². The summed E-state index contributed by atoms with van der Waals surface area (Å²) in [4.78, 5) is 8.02. The van der Waals surface area contributed by atoms with E-state index < -0.39 is 0 Å². The van der Waals surface area contributed by atoms with Crippen LogP contribution >= 0.6 is 47.8 Å². The Morgan fingerprint density at radius 2 is 1.89 bits per heavy atom. The predicted molar refractivity (Wildman–Crippen MR) is 85.8 cm³/mol. The molecule has 0 aliphatic heterocycles. The molecule has 19 heavy (non-hydrogen) atoms. The molecule has 0 aliphatic carbocycles. The van der Waals surface area contributed by atoms with Crippen LogP contribution in [0.5, 0.6) is 5.75 Å². The lowest BCUT2D eigenvalue weighted by Crippen LogP contribution is -2.00. The Morgan fingerprint density at radius 1 is 1.16 bits per heavy atom. The molecule has 1 heterocycles. The SMILES string of the molecule is COc1cc(Nc2ncnc(N)c2Br)c(Br)cc1Br. The van der Waals surface area contributed by atoms with Crippen molar-refractivity contribution >= 4 is 65.1 Å². The highest BCUT2D eigenvalue weighted by atomic mass is 79.9. The summed E-state index contributed by atoms with van der Waals surface area (Å²) in [6.07, 6.45) is 1.40. The van der Waals surface area contributed by atoms with Crippen LogP contribution in [0.15, 0.2) is 31.9 Å². The first kappa shape index (κ1) is 14.5. The Balaban J connectivity index is 2.41. The standard InChI is InChI=1S/C11H9Br3N4O/c1-19-8-3-7(5(12)2-6(8)13)18-11-9(14)10(15)16-4-17-11/h2-4H,1H3,(H3,15,16,17,18). The lowest BCUT2D eigenvalue weighted by atomic mass is 10.3. The third-order valence-corrected chi connectivity index (χ3v) is 4.37. The Morgan fingerprint density at radius 3 is 2.58 bits per heavy atom. The monoisotopic (exact) mass is 450 g/mol. The summed E-state index contributed by atoms with van der Waals surface area (Å²) >= 11 is 10.2. The highest BCUT2D eigenvalue weighted by molar-refractivity contribution is 9.11. The molecular formula is C11H9Br3N4O. The molecule has 0 amide bonds. The number of aromatic nitrogens is 2. The molecule has 1 aromatic carbocycles. The van der Waals surface area contributed by atoms with Crippen molar-refractivity contribution in [1.29, 1.82) is 0 Å². The van der Waals surface area contributed by atoms with Crippen LogP contribution in [-0.2, 0) is 0 Å². The topological polar surface area (TPSA) is 73.1 Å². The molecule has 3 N–H and O–H groups in total. The molecule has 0 fully saturated rings. The normalized spacial score (nSPS) is 10.3. The quantitative estimate of drug-likeness (QED) is 0.733. The molecule has 0 radical (unpaired) electrons. The molecule has 0 spiro atoms. The van der Waals surface area contributed by atoms with Gasteiger partial charge in [0.2, 0.25) is 0 Å². The van der Waals surface area contributed by atoms with Crippen molar-refractivity contribution in [2.24, 2.45) is 0 Å². The van der Waals surface area contributed by atoms with Gasteiger partial charge in [-0.15, -0.1) is 0 Å². The zero-order chi connectivity index (χ0) is 14.0. The molecule has 5 nitrogen and oxygen atoms in total. The van der Waals surface area contributed by atoms with E-state index in [1.807, 2.05) is 12.1 Å². The van der Waals surface area contributed by atoms with Gasteiger partial charge < -0.3 is 15.8 Å². The minimum atomic E-state index is 0.373. The van der Waals surface area contributed by atoms with Crippen molar-refractivity contribution < 1.29 is 4.74 Å². The summed E-state index contributed by atoms with van der Waals surface area (Å²) in [6.45, 7) is 0. The van der Waals surface area contributed by atoms with Gasteiger partial charge in [0, 0.05) is 10.5 Å². The van der Waals surface area contributed by atoms with Gasteiger partial charge in [-0.2, -0.15) is 0 Å². The minimum Gasteiger partial charge on any atom is -0.495 e. The molecule has 8 heteroatoms. The fourth-order valence-electron chi connectivity index (χ4n) is 1.38. The van der Waals surface area contributed by atoms with Crippen LogP contribution in [0.2, 0.25) is 0 Å². The number of hydrogen-bond donors (Lipinski definition) is 2. The Labute approximate surface area is 135 Å². The summed E-state index contributed by atoms with van der Waals surface area (Å²) in [5, 5.41) is 3.16. The van der Waals surface area contributed by atoms with E-state index in [1.165, 1.54) is 6.33 Å². The first-order valence-corrected chi connectivity index (χ1v) is 7.47. The van der Waals surface area contributed by atoms with Gasteiger partial charge in [-0.05, 0) is 53.9 Å². The number of nitrogens with zero attached hydrogens (tertiary/aromatic N) is 2. The third-order valence-electron chi connectivity index (χ3n) is 2.31. The second-order valence-corrected chi connectivity index (χ2v) is 6.01. The number of nitrogen functional groups attached to an aromatic ring is 1. The molecule has 1 aromatic heterocycles. The number of ether oxygens (including phenoxy) is 1. The van der Waals surface area contributed by atoms with Crippen LogP contribution in [0.3, 0.4) is 0 Å². The first-order valence-electron chi connectivity index (χ1n) is 5.09. The van der Waals surface area contributed by atoms with Crippen LogP contribution in [0.4, 0.5) is 17.3 Å². The maximum Gasteiger partial charge on any atom is 0.150 e. The van der Waals surface area contributed by atoms with Gasteiger partial charge in [-0.3, -0.25) is 0 Å². The summed E-state index contributed by atoms with van der Waals surface area (Å²) in [5.74, 6) is 1.67. The highest BCUT2D eigenvalue weighted by Gasteiger charge is 2.11. The van der Waals surface area contributed by atoms with Gasteiger partial charge in [-0.1, -0.05) is 0 Å². The smallest absolute Gasteiger partial charge is 0.150 e. The fraction of sp³-hybridized carbons (Fsp3) is 0.0909. The molecule has 0 aliphatic rings. The van der Waals surface area contributed by atoms with Crippen molar-refractivity contribution in [3.8, 4) is 5.75 Å². The van der Waals surface area contributed by atoms with Gasteiger partial charge in [0.1, 0.15) is 28.2 Å². The van der Waals surface area contributed by atoms with Gasteiger partial charge in [0.15, 0.2) is 0 Å². The van der Waals surface area contributed by atoms with Crippen LogP contribution in [-0.4, -0.2) is 17.1 Å². The Kier molecular flexibility index (Phi) is 4.64. The molecule has 0 atom stereocenters. The van der Waals surface area contributed by atoms with Gasteiger partial charge in [-0.25, -0.2) is 9.97 Å². The third kappa shape index (κ3) is 3.18. The van der Waals surface area contributed by atoms with E-state index in [4.69, 9.17) is 10.5 Å². The molecule has 0 unspecified atom stereocenters. The second kappa shape index (κ2) is 6.06. The molecule has 0 saturated heterocycles. The van der Waals surface area contributed by atoms with Crippen LogP contribution in [0.25, 0.3) is 0 Å². The Bertz CT molecular complexity index is 621. The van der Waals surface area contributed by atoms with Gasteiger partial charge >= 0.3 is 0 Å². The zero-order valence-electron chi connectivity index (χ0n) is 9.75. The number of nitrogens with one attached hydrogen (secondary N) is 1. The van der Waals surface area contributed by atoms with E-state index >= 15 is 0 Å². The molecule has 2 rings (SSSR count). The number of anilines is 3. The van der Waals surface area contributed by atoms with E-state index in [1.54, 1.807) is 7.11 Å². The van der Waals surface area contributed by atoms with E-state index in [-0.39, 0.29) is 0 Å². The summed E-state index contributed by atoms with van der Waals surface area (Å²) in [6, 6.07) is 3.73. The highest BCUT2D eigenvalue weighted by Crippen LogP contribution is 2.37. The number of rotatable bonds is 3. The maximum absolute atomic E-state index is 5.71. The van der Waals surface area contributed by atoms with Crippen LogP contribution in [0.1, 0.15) is 0 Å². The summed E-state index contributed by atoms with van der Waals surface area (Å²) in [5.41, 5.74) is 6.52. The fourth-order valence-corrected chi connectivity index (χ4v) is 2.94. The van der Waals surface area contributed by atoms with Crippen LogP contribution < -0.4 is 15.8 Å². The summed E-state index contributed by atoms with van der Waals surface area (Å²) < 4.78 is 7.59. The molecule has 100 valence electrons. The van der Waals surface area contributed by atoms with E-state index in [0.717, 1.165) is 14.6 Å². The van der Waals surface area contributed by atoms with Gasteiger partial charge in [0.05, 0.1) is 17.3 Å². The number of hydrogen-bond acceptors (Lipinski definition) is 5. The van der Waals surface area contributed by atoms with Crippen molar-refractivity contribution in [2.75, 3.05) is 18.2 Å². The average Bonchev–Trinajstić information content (AvgIpc) is 2.38. The van der Waals surface area contributed by atoms with E-state index in [9.17, 15) is 0 Å². The van der Waals surface area contributed by atoms with Gasteiger partial charge in [0.25, 0.3) is 0 Å².